The lowest BCUT2D eigenvalue weighted by atomic mass is 10.1. The molecule has 0 saturated carbocycles. The van der Waals surface area contributed by atoms with Crippen LogP contribution in [-0.4, -0.2) is 49.3 Å². The summed E-state index contributed by atoms with van der Waals surface area (Å²) in [5, 5.41) is 18.0. The molecule has 0 amide bonds. The molecule has 2 rings (SSSR count). The van der Waals surface area contributed by atoms with Crippen molar-refractivity contribution in [1.29, 1.82) is 5.26 Å². The van der Waals surface area contributed by atoms with E-state index in [0.717, 1.165) is 50.5 Å². The zero-order chi connectivity index (χ0) is 13.7. The number of benzene rings is 1. The van der Waals surface area contributed by atoms with E-state index >= 15 is 0 Å². The maximum absolute atomic E-state index is 8.99. The lowest BCUT2D eigenvalue weighted by Crippen LogP contribution is -2.32. The standard InChI is InChI=1S/C14H20N4O/c15-11-12-2-3-13(16)14(10-12)18-5-1-4-17(6-7-18)8-9-19/h2-3,10,19H,1,4-9,16H2. The van der Waals surface area contributed by atoms with Gasteiger partial charge in [-0.05, 0) is 31.2 Å². The van der Waals surface area contributed by atoms with Gasteiger partial charge in [-0.3, -0.25) is 4.90 Å². The minimum Gasteiger partial charge on any atom is -0.397 e. The van der Waals surface area contributed by atoms with Gasteiger partial charge in [-0.25, -0.2) is 0 Å². The molecule has 1 aliphatic rings. The zero-order valence-corrected chi connectivity index (χ0v) is 11.0. The number of anilines is 2. The van der Waals surface area contributed by atoms with Crippen LogP contribution in [0.4, 0.5) is 11.4 Å². The molecule has 0 spiro atoms. The van der Waals surface area contributed by atoms with Crippen LogP contribution >= 0.6 is 0 Å². The Labute approximate surface area is 113 Å². The molecule has 1 fully saturated rings. The van der Waals surface area contributed by atoms with Crippen LogP contribution in [0.25, 0.3) is 0 Å². The van der Waals surface area contributed by atoms with Crippen LogP contribution in [0.15, 0.2) is 18.2 Å². The molecule has 1 aromatic rings. The summed E-state index contributed by atoms with van der Waals surface area (Å²) < 4.78 is 0. The van der Waals surface area contributed by atoms with Gasteiger partial charge in [0.1, 0.15) is 0 Å². The summed E-state index contributed by atoms with van der Waals surface area (Å²) in [4.78, 5) is 4.48. The number of nitrogens with two attached hydrogens (primary N) is 1. The second kappa shape index (κ2) is 6.41. The van der Waals surface area contributed by atoms with Crippen molar-refractivity contribution in [1.82, 2.24) is 4.90 Å². The second-order valence-electron chi connectivity index (χ2n) is 4.79. The monoisotopic (exact) mass is 260 g/mol. The summed E-state index contributed by atoms with van der Waals surface area (Å²) in [7, 11) is 0. The molecule has 1 aromatic carbocycles. The highest BCUT2D eigenvalue weighted by atomic mass is 16.3. The maximum atomic E-state index is 8.99. The first-order chi connectivity index (χ1) is 9.24. The maximum Gasteiger partial charge on any atom is 0.0992 e. The van der Waals surface area contributed by atoms with Crippen LogP contribution in [0.5, 0.6) is 0 Å². The number of rotatable bonds is 3. The predicted octanol–water partition coefficient (Wildman–Crippen LogP) is 0.645. The van der Waals surface area contributed by atoms with Crippen molar-refractivity contribution in [2.45, 2.75) is 6.42 Å². The molecule has 0 atom stereocenters. The third kappa shape index (κ3) is 3.37. The SMILES string of the molecule is N#Cc1ccc(N)c(N2CCCN(CCO)CC2)c1. The molecule has 0 aromatic heterocycles. The molecular formula is C14H20N4O. The smallest absolute Gasteiger partial charge is 0.0992 e. The fourth-order valence-electron chi connectivity index (χ4n) is 2.46. The van der Waals surface area contributed by atoms with E-state index in [1.54, 1.807) is 12.1 Å². The van der Waals surface area contributed by atoms with Crippen LogP contribution < -0.4 is 10.6 Å². The molecule has 5 heteroatoms. The first-order valence-electron chi connectivity index (χ1n) is 6.62. The van der Waals surface area contributed by atoms with Crippen molar-refractivity contribution in [3.05, 3.63) is 23.8 Å². The largest absolute Gasteiger partial charge is 0.397 e. The molecule has 1 aliphatic heterocycles. The van der Waals surface area contributed by atoms with Crippen LogP contribution in [0.1, 0.15) is 12.0 Å². The van der Waals surface area contributed by atoms with E-state index < -0.39 is 0 Å². The molecule has 0 bridgehead atoms. The molecule has 5 nitrogen and oxygen atoms in total. The molecule has 3 N–H and O–H groups in total. The highest BCUT2D eigenvalue weighted by molar-refractivity contribution is 5.69. The summed E-state index contributed by atoms with van der Waals surface area (Å²) in [6.07, 6.45) is 1.04. The number of nitrogens with zero attached hydrogens (tertiary/aromatic N) is 3. The van der Waals surface area contributed by atoms with Crippen LogP contribution in [0, 0.1) is 11.3 Å². The molecule has 0 radical (unpaired) electrons. The second-order valence-corrected chi connectivity index (χ2v) is 4.79. The van der Waals surface area contributed by atoms with E-state index in [2.05, 4.69) is 15.9 Å². The van der Waals surface area contributed by atoms with Gasteiger partial charge in [0.25, 0.3) is 0 Å². The van der Waals surface area contributed by atoms with E-state index in [4.69, 9.17) is 16.1 Å². The van der Waals surface area contributed by atoms with Crippen LogP contribution in [0.2, 0.25) is 0 Å². The Morgan fingerprint density at radius 2 is 2.11 bits per heavy atom. The Kier molecular flexibility index (Phi) is 4.61. The Bertz CT molecular complexity index is 469. The van der Waals surface area contributed by atoms with Crippen LogP contribution in [0.3, 0.4) is 0 Å². The Hall–Kier alpha value is -1.77. The summed E-state index contributed by atoms with van der Waals surface area (Å²) in [5.41, 5.74) is 8.32. The quantitative estimate of drug-likeness (QED) is 0.780. The lowest BCUT2D eigenvalue weighted by molar-refractivity contribution is 0.204. The summed E-state index contributed by atoms with van der Waals surface area (Å²) in [5.74, 6) is 0. The van der Waals surface area contributed by atoms with Crippen LogP contribution in [-0.2, 0) is 0 Å². The number of aliphatic hydroxyl groups is 1. The predicted molar refractivity (Wildman–Crippen MR) is 75.9 cm³/mol. The van der Waals surface area contributed by atoms with Crippen molar-refractivity contribution in [3.8, 4) is 6.07 Å². The minimum atomic E-state index is 0.200. The number of hydrogen-bond acceptors (Lipinski definition) is 5. The Balaban J connectivity index is 2.12. The molecule has 1 heterocycles. The minimum absolute atomic E-state index is 0.200. The van der Waals surface area contributed by atoms with E-state index in [1.807, 2.05) is 6.07 Å². The summed E-state index contributed by atoms with van der Waals surface area (Å²) in [6, 6.07) is 7.55. The van der Waals surface area contributed by atoms with E-state index in [1.165, 1.54) is 0 Å². The lowest BCUT2D eigenvalue weighted by Gasteiger charge is -2.25. The average Bonchev–Trinajstić information content (AvgIpc) is 2.65. The fraction of sp³-hybridized carbons (Fsp3) is 0.500. The first kappa shape index (κ1) is 13.7. The number of nitriles is 1. The van der Waals surface area contributed by atoms with Crippen molar-refractivity contribution >= 4 is 11.4 Å². The fourth-order valence-corrected chi connectivity index (χ4v) is 2.46. The van der Waals surface area contributed by atoms with Gasteiger partial charge in [0.15, 0.2) is 0 Å². The Morgan fingerprint density at radius 3 is 2.84 bits per heavy atom. The third-order valence-electron chi connectivity index (χ3n) is 3.50. The van der Waals surface area contributed by atoms with Gasteiger partial charge in [-0.15, -0.1) is 0 Å². The van der Waals surface area contributed by atoms with Gasteiger partial charge >= 0.3 is 0 Å². The van der Waals surface area contributed by atoms with Gasteiger partial charge in [-0.1, -0.05) is 0 Å². The van der Waals surface area contributed by atoms with Gasteiger partial charge in [0.2, 0.25) is 0 Å². The molecule has 102 valence electrons. The number of hydrogen-bond donors (Lipinski definition) is 2. The molecule has 0 aliphatic carbocycles. The third-order valence-corrected chi connectivity index (χ3v) is 3.50. The highest BCUT2D eigenvalue weighted by Crippen LogP contribution is 2.25. The van der Waals surface area contributed by atoms with Gasteiger partial charge in [0, 0.05) is 26.2 Å². The van der Waals surface area contributed by atoms with E-state index in [9.17, 15) is 0 Å². The van der Waals surface area contributed by atoms with Crippen molar-refractivity contribution in [2.24, 2.45) is 0 Å². The van der Waals surface area contributed by atoms with Gasteiger partial charge in [0.05, 0.1) is 29.6 Å². The average molecular weight is 260 g/mol. The topological polar surface area (TPSA) is 76.5 Å². The van der Waals surface area contributed by atoms with Crippen molar-refractivity contribution in [3.63, 3.8) is 0 Å². The number of aliphatic hydroxyl groups excluding tert-OH is 1. The van der Waals surface area contributed by atoms with Crippen molar-refractivity contribution < 1.29 is 5.11 Å². The summed E-state index contributed by atoms with van der Waals surface area (Å²) >= 11 is 0. The van der Waals surface area contributed by atoms with Gasteiger partial charge in [-0.2, -0.15) is 5.26 Å². The van der Waals surface area contributed by atoms with E-state index in [-0.39, 0.29) is 6.61 Å². The normalized spacial score (nSPS) is 16.9. The highest BCUT2D eigenvalue weighted by Gasteiger charge is 2.16. The Morgan fingerprint density at radius 1 is 1.26 bits per heavy atom. The van der Waals surface area contributed by atoms with Crippen molar-refractivity contribution in [2.75, 3.05) is 50.0 Å². The molecule has 1 saturated heterocycles. The number of nitrogen functional groups attached to an aromatic ring is 1. The van der Waals surface area contributed by atoms with Gasteiger partial charge < -0.3 is 15.7 Å². The summed E-state index contributed by atoms with van der Waals surface area (Å²) in [6.45, 7) is 4.64. The molecule has 19 heavy (non-hydrogen) atoms. The first-order valence-corrected chi connectivity index (χ1v) is 6.62. The molecular weight excluding hydrogens is 240 g/mol. The van der Waals surface area contributed by atoms with E-state index in [0.29, 0.717) is 5.56 Å². The zero-order valence-electron chi connectivity index (χ0n) is 11.0. The number of β-amino-alcohol motifs (C(OH)–C–C–N with tert-alkyl or cyclic N) is 1. The molecule has 0 unspecified atom stereocenters.